The van der Waals surface area contributed by atoms with Crippen LogP contribution in [0.4, 0.5) is 0 Å². The third kappa shape index (κ3) is 1.92. The zero-order valence-corrected chi connectivity index (χ0v) is 6.80. The molecule has 6 nitrogen and oxygen atoms in total. The van der Waals surface area contributed by atoms with Crippen LogP contribution in [0.5, 0.6) is 0 Å². The van der Waals surface area contributed by atoms with Crippen molar-refractivity contribution in [3.05, 3.63) is 29.6 Å². The van der Waals surface area contributed by atoms with E-state index in [1.807, 2.05) is 0 Å². The topological polar surface area (TPSA) is 105 Å². The van der Waals surface area contributed by atoms with Gasteiger partial charge >= 0.3 is 11.9 Å². The lowest BCUT2D eigenvalue weighted by Gasteiger charge is -1.96. The molecule has 1 aromatic heterocycles. The number of aromatic carboxylic acids is 1. The first-order chi connectivity index (χ1) is 6.52. The number of pyridine rings is 1. The predicted molar refractivity (Wildman–Crippen MR) is 43.2 cm³/mol. The Morgan fingerprint density at radius 2 is 1.64 bits per heavy atom. The van der Waals surface area contributed by atoms with E-state index in [4.69, 9.17) is 10.2 Å². The number of rotatable bonds is 3. The largest absolute Gasteiger partial charge is 0.478 e. The summed E-state index contributed by atoms with van der Waals surface area (Å²) in [5.74, 6) is -4.09. The molecule has 0 aliphatic heterocycles. The molecule has 1 rings (SSSR count). The number of hydrogen-bond acceptors (Lipinski definition) is 4. The number of aromatic nitrogens is 1. The van der Waals surface area contributed by atoms with Gasteiger partial charge < -0.3 is 10.2 Å². The number of hydrogen-bond donors (Lipinski definition) is 2. The van der Waals surface area contributed by atoms with E-state index in [9.17, 15) is 14.4 Å². The van der Waals surface area contributed by atoms with Gasteiger partial charge in [-0.1, -0.05) is 0 Å². The molecule has 14 heavy (non-hydrogen) atoms. The number of carbonyl (C=O) groups excluding carboxylic acids is 1. The Hall–Kier alpha value is -2.24. The van der Waals surface area contributed by atoms with Gasteiger partial charge in [0.2, 0.25) is 0 Å². The molecule has 1 heterocycles. The highest BCUT2D eigenvalue weighted by molar-refractivity contribution is 6.39. The van der Waals surface area contributed by atoms with E-state index in [-0.39, 0.29) is 11.1 Å². The molecule has 0 aliphatic carbocycles. The monoisotopic (exact) mass is 195 g/mol. The lowest BCUT2D eigenvalue weighted by atomic mass is 10.1. The second kappa shape index (κ2) is 3.65. The Bertz CT molecular complexity index is 412. The molecule has 0 aliphatic rings. The van der Waals surface area contributed by atoms with E-state index < -0.39 is 17.7 Å². The highest BCUT2D eigenvalue weighted by Crippen LogP contribution is 2.03. The van der Waals surface area contributed by atoms with Gasteiger partial charge in [-0.25, -0.2) is 9.59 Å². The zero-order valence-electron chi connectivity index (χ0n) is 6.80. The number of nitrogens with zero attached hydrogens (tertiary/aromatic N) is 1. The van der Waals surface area contributed by atoms with Crippen LogP contribution < -0.4 is 0 Å². The molecule has 2 N–H and O–H groups in total. The van der Waals surface area contributed by atoms with E-state index in [1.165, 1.54) is 0 Å². The normalized spacial score (nSPS) is 9.43. The highest BCUT2D eigenvalue weighted by Gasteiger charge is 2.16. The third-order valence-electron chi connectivity index (χ3n) is 1.44. The lowest BCUT2D eigenvalue weighted by Crippen LogP contribution is -2.13. The minimum atomic E-state index is -1.64. The standard InChI is InChI=1S/C8H5NO5/c10-6(8(13)14)4-1-5(7(11)12)3-9-2-4/h1-3H,(H,11,12)(H,13,14). The molecule has 0 amide bonds. The van der Waals surface area contributed by atoms with Crippen LogP contribution in [0, 0.1) is 0 Å². The molecule has 0 fully saturated rings. The Labute approximate surface area is 77.8 Å². The van der Waals surface area contributed by atoms with Crippen LogP contribution in [0.3, 0.4) is 0 Å². The maximum absolute atomic E-state index is 10.9. The Morgan fingerprint density at radius 3 is 2.14 bits per heavy atom. The maximum Gasteiger partial charge on any atom is 0.377 e. The molecule has 6 heteroatoms. The van der Waals surface area contributed by atoms with Gasteiger partial charge in [-0.05, 0) is 6.07 Å². The summed E-state index contributed by atoms with van der Waals surface area (Å²) < 4.78 is 0. The van der Waals surface area contributed by atoms with Crippen molar-refractivity contribution in [3.63, 3.8) is 0 Å². The molecule has 72 valence electrons. The van der Waals surface area contributed by atoms with Crippen molar-refractivity contribution in [1.29, 1.82) is 0 Å². The number of carboxylic acids is 2. The average molecular weight is 195 g/mol. The van der Waals surface area contributed by atoms with Crippen molar-refractivity contribution in [2.45, 2.75) is 0 Å². The fraction of sp³-hybridized carbons (Fsp3) is 0. The first-order valence-electron chi connectivity index (χ1n) is 3.48. The van der Waals surface area contributed by atoms with Crippen molar-refractivity contribution >= 4 is 17.7 Å². The summed E-state index contributed by atoms with van der Waals surface area (Å²) in [6, 6.07) is 0.964. The van der Waals surface area contributed by atoms with E-state index in [1.54, 1.807) is 0 Å². The van der Waals surface area contributed by atoms with Crippen LogP contribution in [0.2, 0.25) is 0 Å². The molecule has 0 aromatic carbocycles. The van der Waals surface area contributed by atoms with Crippen LogP contribution >= 0.6 is 0 Å². The first kappa shape index (κ1) is 9.85. The summed E-state index contributed by atoms with van der Waals surface area (Å²) in [6.45, 7) is 0. The molecule has 0 radical (unpaired) electrons. The Kier molecular flexibility index (Phi) is 2.57. The highest BCUT2D eigenvalue weighted by atomic mass is 16.4. The smallest absolute Gasteiger partial charge is 0.377 e. The van der Waals surface area contributed by atoms with Crippen LogP contribution in [-0.2, 0) is 4.79 Å². The van der Waals surface area contributed by atoms with Gasteiger partial charge in [0.15, 0.2) is 0 Å². The van der Waals surface area contributed by atoms with Gasteiger partial charge in [0, 0.05) is 18.0 Å². The van der Waals surface area contributed by atoms with Crippen LogP contribution in [-0.4, -0.2) is 32.9 Å². The number of ketones is 1. The van der Waals surface area contributed by atoms with Gasteiger partial charge in [-0.2, -0.15) is 0 Å². The van der Waals surface area contributed by atoms with Gasteiger partial charge in [0.05, 0.1) is 5.56 Å². The Morgan fingerprint density at radius 1 is 1.07 bits per heavy atom. The van der Waals surface area contributed by atoms with Crippen molar-refractivity contribution in [2.24, 2.45) is 0 Å². The minimum absolute atomic E-state index is 0.225. The van der Waals surface area contributed by atoms with Crippen molar-refractivity contribution in [2.75, 3.05) is 0 Å². The zero-order chi connectivity index (χ0) is 10.7. The molecule has 0 bridgehead atoms. The molecule has 0 saturated carbocycles. The average Bonchev–Trinajstić information content (AvgIpc) is 2.16. The SMILES string of the molecule is O=C(O)C(=O)c1cncc(C(=O)O)c1. The van der Waals surface area contributed by atoms with Crippen molar-refractivity contribution in [3.8, 4) is 0 Å². The summed E-state index contributed by atoms with van der Waals surface area (Å²) >= 11 is 0. The molecular formula is C8H5NO5. The fourth-order valence-corrected chi connectivity index (χ4v) is 0.805. The number of Topliss-reactive ketones (excluding diaryl/α,β-unsaturated/α-hetero) is 1. The number of aliphatic carboxylic acids is 1. The van der Waals surface area contributed by atoms with Crippen molar-refractivity contribution in [1.82, 2.24) is 4.98 Å². The van der Waals surface area contributed by atoms with E-state index in [0.29, 0.717) is 0 Å². The molecule has 0 atom stereocenters. The molecule has 0 unspecified atom stereocenters. The quantitative estimate of drug-likeness (QED) is 0.521. The second-order valence-corrected chi connectivity index (χ2v) is 2.40. The summed E-state index contributed by atoms with van der Waals surface area (Å²) in [6.07, 6.45) is 2.03. The number of carbonyl (C=O) groups is 3. The van der Waals surface area contributed by atoms with Gasteiger partial charge in [0.1, 0.15) is 0 Å². The van der Waals surface area contributed by atoms with Gasteiger partial charge in [-0.15, -0.1) is 0 Å². The molecular weight excluding hydrogens is 190 g/mol. The minimum Gasteiger partial charge on any atom is -0.478 e. The third-order valence-corrected chi connectivity index (χ3v) is 1.44. The fourth-order valence-electron chi connectivity index (χ4n) is 0.805. The summed E-state index contributed by atoms with van der Waals surface area (Å²) in [4.78, 5) is 35.0. The van der Waals surface area contributed by atoms with E-state index in [2.05, 4.69) is 4.98 Å². The van der Waals surface area contributed by atoms with Crippen LogP contribution in [0.15, 0.2) is 18.5 Å². The molecule has 0 spiro atoms. The predicted octanol–water partition coefficient (Wildman–Crippen LogP) is 0.0471. The van der Waals surface area contributed by atoms with Gasteiger partial charge in [0.25, 0.3) is 5.78 Å². The van der Waals surface area contributed by atoms with Crippen molar-refractivity contribution < 1.29 is 24.6 Å². The number of carboxylic acid groups (broad SMARTS) is 2. The maximum atomic E-state index is 10.9. The summed E-state index contributed by atoms with van der Waals surface area (Å²) in [7, 11) is 0. The lowest BCUT2D eigenvalue weighted by molar-refractivity contribution is -0.131. The van der Waals surface area contributed by atoms with E-state index >= 15 is 0 Å². The van der Waals surface area contributed by atoms with Gasteiger partial charge in [-0.3, -0.25) is 9.78 Å². The summed E-state index contributed by atoms with van der Waals surface area (Å²) in [5.41, 5.74) is -0.477. The van der Waals surface area contributed by atoms with Crippen LogP contribution in [0.1, 0.15) is 20.7 Å². The molecule has 1 aromatic rings. The Balaban J connectivity index is 3.12. The molecule has 0 saturated heterocycles. The van der Waals surface area contributed by atoms with Crippen LogP contribution in [0.25, 0.3) is 0 Å². The summed E-state index contributed by atoms with van der Waals surface area (Å²) in [5, 5.41) is 16.9. The second-order valence-electron chi connectivity index (χ2n) is 2.40. The first-order valence-corrected chi connectivity index (χ1v) is 3.48. The van der Waals surface area contributed by atoms with E-state index in [0.717, 1.165) is 18.5 Å².